The summed E-state index contributed by atoms with van der Waals surface area (Å²) in [5.74, 6) is 1.10. The number of carbonyl (C=O) groups is 1. The van der Waals surface area contributed by atoms with Crippen molar-refractivity contribution in [1.29, 1.82) is 0 Å². The highest BCUT2D eigenvalue weighted by atomic mass is 35.5. The van der Waals surface area contributed by atoms with Gasteiger partial charge >= 0.3 is 0 Å². The summed E-state index contributed by atoms with van der Waals surface area (Å²) < 4.78 is 0. The SMILES string of the molecule is Cl.Cl.O=C(CC1CCCN1)N1CCC(CN2CCCC2)C1. The second-order valence-corrected chi connectivity index (χ2v) is 6.50. The highest BCUT2D eigenvalue weighted by Crippen LogP contribution is 2.21. The Kier molecular flexibility index (Phi) is 8.32. The maximum absolute atomic E-state index is 12.3. The molecular weight excluding hydrogens is 309 g/mol. The van der Waals surface area contributed by atoms with Crippen LogP contribution in [-0.4, -0.2) is 61.0 Å². The normalized spacial score (nSPS) is 29.2. The highest BCUT2D eigenvalue weighted by molar-refractivity contribution is 5.85. The van der Waals surface area contributed by atoms with Crippen LogP contribution in [0.2, 0.25) is 0 Å². The lowest BCUT2D eigenvalue weighted by Crippen LogP contribution is -2.35. The summed E-state index contributed by atoms with van der Waals surface area (Å²) in [5.41, 5.74) is 0. The maximum Gasteiger partial charge on any atom is 0.224 e. The molecule has 2 unspecified atom stereocenters. The molecule has 3 rings (SSSR count). The number of hydrogen-bond acceptors (Lipinski definition) is 3. The van der Waals surface area contributed by atoms with E-state index in [-0.39, 0.29) is 24.8 Å². The van der Waals surface area contributed by atoms with Crippen molar-refractivity contribution in [2.75, 3.05) is 39.3 Å². The first-order valence-corrected chi connectivity index (χ1v) is 8.05. The van der Waals surface area contributed by atoms with Crippen molar-refractivity contribution >= 4 is 30.7 Å². The van der Waals surface area contributed by atoms with Crippen LogP contribution in [0.3, 0.4) is 0 Å². The predicted molar refractivity (Wildman–Crippen MR) is 90.5 cm³/mol. The van der Waals surface area contributed by atoms with Gasteiger partial charge in [0.25, 0.3) is 0 Å². The summed E-state index contributed by atoms with van der Waals surface area (Å²) in [6, 6.07) is 0.449. The van der Waals surface area contributed by atoms with Crippen LogP contribution >= 0.6 is 24.8 Å². The Morgan fingerprint density at radius 2 is 1.81 bits per heavy atom. The van der Waals surface area contributed by atoms with Crippen molar-refractivity contribution in [2.24, 2.45) is 5.92 Å². The average molecular weight is 338 g/mol. The molecule has 124 valence electrons. The molecule has 1 amide bonds. The number of nitrogens with zero attached hydrogens (tertiary/aromatic N) is 2. The van der Waals surface area contributed by atoms with Crippen LogP contribution in [0.1, 0.15) is 38.5 Å². The lowest BCUT2D eigenvalue weighted by Gasteiger charge is -2.21. The molecule has 21 heavy (non-hydrogen) atoms. The van der Waals surface area contributed by atoms with E-state index in [9.17, 15) is 4.79 Å². The third kappa shape index (κ3) is 5.27. The Labute approximate surface area is 140 Å². The second kappa shape index (κ2) is 9.19. The number of nitrogens with one attached hydrogen (secondary N) is 1. The fourth-order valence-electron chi connectivity index (χ4n) is 3.81. The van der Waals surface area contributed by atoms with Gasteiger partial charge in [-0.2, -0.15) is 0 Å². The van der Waals surface area contributed by atoms with Gasteiger partial charge in [-0.05, 0) is 57.7 Å². The van der Waals surface area contributed by atoms with E-state index in [4.69, 9.17) is 0 Å². The van der Waals surface area contributed by atoms with E-state index in [1.54, 1.807) is 0 Å². The van der Waals surface area contributed by atoms with Crippen molar-refractivity contribution < 1.29 is 4.79 Å². The standard InChI is InChI=1S/C15H27N3O.2ClH/c19-15(10-14-4-3-6-16-14)18-9-5-13(12-18)11-17-7-1-2-8-17;;/h13-14,16H,1-12H2;2*1H. The summed E-state index contributed by atoms with van der Waals surface area (Å²) in [4.78, 5) is 16.9. The zero-order valence-electron chi connectivity index (χ0n) is 12.8. The first-order chi connectivity index (χ1) is 9.31. The molecule has 0 aromatic rings. The van der Waals surface area contributed by atoms with Crippen molar-refractivity contribution in [3.63, 3.8) is 0 Å². The van der Waals surface area contributed by atoms with Crippen molar-refractivity contribution in [3.8, 4) is 0 Å². The number of halogens is 2. The molecule has 4 nitrogen and oxygen atoms in total. The molecule has 0 aromatic heterocycles. The van der Waals surface area contributed by atoms with Gasteiger partial charge in [0, 0.05) is 32.1 Å². The number of amides is 1. The molecule has 3 heterocycles. The number of hydrogen-bond donors (Lipinski definition) is 1. The van der Waals surface area contributed by atoms with Gasteiger partial charge in [-0.3, -0.25) is 4.79 Å². The third-order valence-corrected chi connectivity index (χ3v) is 4.94. The summed E-state index contributed by atoms with van der Waals surface area (Å²) in [6.07, 6.45) is 7.06. The number of rotatable bonds is 4. The van der Waals surface area contributed by atoms with Gasteiger partial charge in [-0.15, -0.1) is 24.8 Å². The third-order valence-electron chi connectivity index (χ3n) is 4.94. The van der Waals surface area contributed by atoms with Crippen molar-refractivity contribution in [1.82, 2.24) is 15.1 Å². The molecule has 3 aliphatic heterocycles. The van der Waals surface area contributed by atoms with Gasteiger partial charge in [0.2, 0.25) is 5.91 Å². The average Bonchev–Trinajstić information content (AvgIpc) is 3.10. The van der Waals surface area contributed by atoms with E-state index in [1.165, 1.54) is 51.7 Å². The molecule has 6 heteroatoms. The van der Waals surface area contributed by atoms with Gasteiger partial charge in [0.05, 0.1) is 0 Å². The van der Waals surface area contributed by atoms with Gasteiger partial charge in [0.1, 0.15) is 0 Å². The zero-order chi connectivity index (χ0) is 13.1. The minimum Gasteiger partial charge on any atom is -0.342 e. The Morgan fingerprint density at radius 1 is 1.05 bits per heavy atom. The fraction of sp³-hybridized carbons (Fsp3) is 0.933. The monoisotopic (exact) mass is 337 g/mol. The maximum atomic E-state index is 12.3. The topological polar surface area (TPSA) is 35.6 Å². The highest BCUT2D eigenvalue weighted by Gasteiger charge is 2.29. The lowest BCUT2D eigenvalue weighted by molar-refractivity contribution is -0.130. The van der Waals surface area contributed by atoms with E-state index >= 15 is 0 Å². The summed E-state index contributed by atoms with van der Waals surface area (Å²) in [7, 11) is 0. The van der Waals surface area contributed by atoms with Gasteiger partial charge in [-0.1, -0.05) is 0 Å². The Morgan fingerprint density at radius 3 is 2.48 bits per heavy atom. The second-order valence-electron chi connectivity index (χ2n) is 6.50. The lowest BCUT2D eigenvalue weighted by atomic mass is 10.1. The molecule has 3 saturated heterocycles. The van der Waals surface area contributed by atoms with Crippen LogP contribution < -0.4 is 5.32 Å². The first kappa shape index (κ1) is 19.0. The Balaban J connectivity index is 0.00000110. The largest absolute Gasteiger partial charge is 0.342 e. The van der Waals surface area contributed by atoms with Gasteiger partial charge < -0.3 is 15.1 Å². The van der Waals surface area contributed by atoms with Crippen molar-refractivity contribution in [2.45, 2.75) is 44.6 Å². The minimum atomic E-state index is 0. The van der Waals surface area contributed by atoms with Crippen molar-refractivity contribution in [3.05, 3.63) is 0 Å². The number of carbonyl (C=O) groups excluding carboxylic acids is 1. The quantitative estimate of drug-likeness (QED) is 0.851. The molecule has 2 atom stereocenters. The predicted octanol–water partition coefficient (Wildman–Crippen LogP) is 1.92. The Hall–Kier alpha value is -0.0300. The van der Waals surface area contributed by atoms with Crippen LogP contribution in [0.15, 0.2) is 0 Å². The molecule has 3 aliphatic rings. The molecule has 0 aliphatic carbocycles. The first-order valence-electron chi connectivity index (χ1n) is 8.05. The smallest absolute Gasteiger partial charge is 0.224 e. The van der Waals surface area contributed by atoms with Crippen LogP contribution in [0, 0.1) is 5.92 Å². The van der Waals surface area contributed by atoms with Crippen LogP contribution in [0.4, 0.5) is 0 Å². The van der Waals surface area contributed by atoms with E-state index in [0.717, 1.165) is 32.0 Å². The summed E-state index contributed by atoms with van der Waals surface area (Å²) >= 11 is 0. The summed E-state index contributed by atoms with van der Waals surface area (Å²) in [5, 5.41) is 3.43. The molecule has 0 radical (unpaired) electrons. The molecular formula is C15H29Cl2N3O. The van der Waals surface area contributed by atoms with Crippen LogP contribution in [0.5, 0.6) is 0 Å². The van der Waals surface area contributed by atoms with E-state index in [1.807, 2.05) is 0 Å². The minimum absolute atomic E-state index is 0. The molecule has 3 fully saturated rings. The fourth-order valence-corrected chi connectivity index (χ4v) is 3.81. The molecule has 1 N–H and O–H groups in total. The summed E-state index contributed by atoms with van der Waals surface area (Å²) in [6.45, 7) is 6.85. The van der Waals surface area contributed by atoms with Gasteiger partial charge in [0.15, 0.2) is 0 Å². The molecule has 0 aromatic carbocycles. The number of likely N-dealkylation sites (tertiary alicyclic amines) is 2. The van der Waals surface area contributed by atoms with E-state index in [2.05, 4.69) is 15.1 Å². The van der Waals surface area contributed by atoms with Gasteiger partial charge in [-0.25, -0.2) is 0 Å². The molecule has 0 saturated carbocycles. The van der Waals surface area contributed by atoms with E-state index < -0.39 is 0 Å². The zero-order valence-corrected chi connectivity index (χ0v) is 14.4. The van der Waals surface area contributed by atoms with E-state index in [0.29, 0.717) is 11.9 Å². The Bertz CT molecular complexity index is 318. The van der Waals surface area contributed by atoms with Crippen LogP contribution in [0.25, 0.3) is 0 Å². The molecule has 0 bridgehead atoms. The molecule has 0 spiro atoms. The van der Waals surface area contributed by atoms with Crippen LogP contribution in [-0.2, 0) is 4.79 Å².